The molecular formula is C12H20O3. The van der Waals surface area contributed by atoms with Crippen molar-refractivity contribution in [1.82, 2.24) is 0 Å². The zero-order valence-corrected chi connectivity index (χ0v) is 9.41. The molecular weight excluding hydrogens is 192 g/mol. The van der Waals surface area contributed by atoms with Gasteiger partial charge in [-0.25, -0.2) is 4.79 Å². The maximum absolute atomic E-state index is 11.0. The van der Waals surface area contributed by atoms with Crippen LogP contribution in [0.3, 0.4) is 0 Å². The minimum atomic E-state index is -0.405. The Morgan fingerprint density at radius 2 is 2.13 bits per heavy atom. The molecule has 3 nitrogen and oxygen atoms in total. The molecule has 0 bridgehead atoms. The number of rotatable bonds is 5. The molecule has 0 heterocycles. The molecule has 0 radical (unpaired) electrons. The zero-order chi connectivity index (χ0) is 11.1. The Labute approximate surface area is 91.4 Å². The van der Waals surface area contributed by atoms with Crippen molar-refractivity contribution in [2.24, 2.45) is 0 Å². The maximum atomic E-state index is 11.0. The summed E-state index contributed by atoms with van der Waals surface area (Å²) in [5, 5.41) is 0. The molecule has 1 fully saturated rings. The number of esters is 1. The van der Waals surface area contributed by atoms with Crippen LogP contribution in [0.15, 0.2) is 12.7 Å². The molecule has 0 aliphatic heterocycles. The Bertz CT molecular complexity index is 207. The van der Waals surface area contributed by atoms with Crippen molar-refractivity contribution in [1.29, 1.82) is 0 Å². The lowest BCUT2D eigenvalue weighted by Crippen LogP contribution is -2.27. The fourth-order valence-corrected chi connectivity index (χ4v) is 1.80. The minimum absolute atomic E-state index is 0.265. The first kappa shape index (κ1) is 12.2. The topological polar surface area (TPSA) is 35.5 Å². The van der Waals surface area contributed by atoms with Crippen LogP contribution < -0.4 is 0 Å². The second-order valence-corrected chi connectivity index (χ2v) is 3.87. The van der Waals surface area contributed by atoms with E-state index in [0.717, 1.165) is 12.8 Å². The molecule has 86 valence electrons. The summed E-state index contributed by atoms with van der Waals surface area (Å²) in [6.45, 7) is 5.31. The van der Waals surface area contributed by atoms with E-state index in [1.54, 1.807) is 0 Å². The van der Waals surface area contributed by atoms with Gasteiger partial charge in [-0.1, -0.05) is 32.8 Å². The fraction of sp³-hybridized carbons (Fsp3) is 0.750. The SMILES string of the molecule is C=CC(=O)OC(CC)OC1CCCCC1. The lowest BCUT2D eigenvalue weighted by molar-refractivity contribution is -0.188. The van der Waals surface area contributed by atoms with Crippen LogP contribution in [-0.2, 0) is 14.3 Å². The van der Waals surface area contributed by atoms with E-state index in [0.29, 0.717) is 6.42 Å². The molecule has 0 saturated heterocycles. The summed E-state index contributed by atoms with van der Waals surface area (Å²) in [5.74, 6) is -0.405. The van der Waals surface area contributed by atoms with E-state index in [2.05, 4.69) is 6.58 Å². The van der Waals surface area contributed by atoms with E-state index in [9.17, 15) is 4.79 Å². The lowest BCUT2D eigenvalue weighted by atomic mass is 9.98. The van der Waals surface area contributed by atoms with E-state index in [-0.39, 0.29) is 6.10 Å². The van der Waals surface area contributed by atoms with Gasteiger partial charge in [-0.3, -0.25) is 0 Å². The molecule has 0 aromatic heterocycles. The van der Waals surface area contributed by atoms with Crippen molar-refractivity contribution in [3.8, 4) is 0 Å². The van der Waals surface area contributed by atoms with E-state index < -0.39 is 12.3 Å². The zero-order valence-electron chi connectivity index (χ0n) is 9.41. The Morgan fingerprint density at radius 1 is 1.47 bits per heavy atom. The Kier molecular flexibility index (Phi) is 5.40. The van der Waals surface area contributed by atoms with Crippen LogP contribution in [0.2, 0.25) is 0 Å². The summed E-state index contributed by atoms with van der Waals surface area (Å²) in [6, 6.07) is 0. The highest BCUT2D eigenvalue weighted by Gasteiger charge is 2.19. The predicted molar refractivity (Wildman–Crippen MR) is 58.3 cm³/mol. The molecule has 0 aromatic carbocycles. The number of hydrogen-bond acceptors (Lipinski definition) is 3. The van der Waals surface area contributed by atoms with Gasteiger partial charge in [0.25, 0.3) is 0 Å². The van der Waals surface area contributed by atoms with E-state index in [4.69, 9.17) is 9.47 Å². The van der Waals surface area contributed by atoms with Crippen LogP contribution in [0.5, 0.6) is 0 Å². The third kappa shape index (κ3) is 4.47. The molecule has 3 heteroatoms. The number of carbonyl (C=O) groups is 1. The van der Waals surface area contributed by atoms with E-state index in [1.807, 2.05) is 6.92 Å². The normalized spacial score (nSPS) is 19.5. The minimum Gasteiger partial charge on any atom is -0.433 e. The molecule has 0 spiro atoms. The van der Waals surface area contributed by atoms with Gasteiger partial charge < -0.3 is 9.47 Å². The molecule has 0 aromatic rings. The molecule has 1 atom stereocenters. The average molecular weight is 212 g/mol. The van der Waals surface area contributed by atoms with E-state index in [1.165, 1.54) is 25.3 Å². The molecule has 15 heavy (non-hydrogen) atoms. The Morgan fingerprint density at radius 3 is 2.67 bits per heavy atom. The molecule has 0 N–H and O–H groups in total. The summed E-state index contributed by atoms with van der Waals surface area (Å²) < 4.78 is 10.8. The Balaban J connectivity index is 2.31. The third-order valence-corrected chi connectivity index (χ3v) is 2.64. The first-order valence-corrected chi connectivity index (χ1v) is 5.74. The van der Waals surface area contributed by atoms with E-state index >= 15 is 0 Å². The van der Waals surface area contributed by atoms with Crippen molar-refractivity contribution in [3.05, 3.63) is 12.7 Å². The first-order chi connectivity index (χ1) is 7.26. The maximum Gasteiger partial charge on any atom is 0.332 e. The summed E-state index contributed by atoms with van der Waals surface area (Å²) in [4.78, 5) is 11.0. The van der Waals surface area contributed by atoms with Gasteiger partial charge in [-0.05, 0) is 12.8 Å². The highest BCUT2D eigenvalue weighted by Crippen LogP contribution is 2.22. The molecule has 1 unspecified atom stereocenters. The molecule has 1 saturated carbocycles. The monoisotopic (exact) mass is 212 g/mol. The van der Waals surface area contributed by atoms with Crippen LogP contribution in [0.1, 0.15) is 45.4 Å². The fourth-order valence-electron chi connectivity index (χ4n) is 1.80. The third-order valence-electron chi connectivity index (χ3n) is 2.64. The van der Waals surface area contributed by atoms with Crippen molar-refractivity contribution in [2.75, 3.05) is 0 Å². The van der Waals surface area contributed by atoms with Crippen LogP contribution in [0.25, 0.3) is 0 Å². The largest absolute Gasteiger partial charge is 0.433 e. The number of hydrogen-bond donors (Lipinski definition) is 0. The van der Waals surface area contributed by atoms with Gasteiger partial charge >= 0.3 is 5.97 Å². The van der Waals surface area contributed by atoms with Gasteiger partial charge in [-0.15, -0.1) is 0 Å². The van der Waals surface area contributed by atoms with Crippen molar-refractivity contribution < 1.29 is 14.3 Å². The Hall–Kier alpha value is -0.830. The molecule has 1 rings (SSSR count). The van der Waals surface area contributed by atoms with Gasteiger partial charge in [0.2, 0.25) is 6.29 Å². The molecule has 0 amide bonds. The quantitative estimate of drug-likeness (QED) is 0.399. The van der Waals surface area contributed by atoms with Crippen LogP contribution >= 0.6 is 0 Å². The lowest BCUT2D eigenvalue weighted by Gasteiger charge is -2.26. The van der Waals surface area contributed by atoms with Gasteiger partial charge in [0.05, 0.1) is 6.10 Å². The first-order valence-electron chi connectivity index (χ1n) is 5.74. The number of ether oxygens (including phenoxy) is 2. The standard InChI is InChI=1S/C12H20O3/c1-3-11(13)15-12(4-2)14-10-8-6-5-7-9-10/h3,10,12H,1,4-9H2,2H3. The highest BCUT2D eigenvalue weighted by molar-refractivity contribution is 5.81. The van der Waals surface area contributed by atoms with Gasteiger partial charge in [0.1, 0.15) is 0 Å². The van der Waals surface area contributed by atoms with Crippen molar-refractivity contribution >= 4 is 5.97 Å². The number of carbonyl (C=O) groups excluding carboxylic acids is 1. The highest BCUT2D eigenvalue weighted by atomic mass is 16.7. The second kappa shape index (κ2) is 6.62. The molecule has 1 aliphatic rings. The summed E-state index contributed by atoms with van der Waals surface area (Å²) in [7, 11) is 0. The van der Waals surface area contributed by atoms with Gasteiger partial charge in [0.15, 0.2) is 0 Å². The predicted octanol–water partition coefficient (Wildman–Crippen LogP) is 2.80. The molecule has 1 aliphatic carbocycles. The summed E-state index contributed by atoms with van der Waals surface area (Å²) in [6.07, 6.45) is 7.63. The van der Waals surface area contributed by atoms with Crippen molar-refractivity contribution in [2.45, 2.75) is 57.8 Å². The second-order valence-electron chi connectivity index (χ2n) is 3.87. The smallest absolute Gasteiger partial charge is 0.332 e. The average Bonchev–Trinajstić information content (AvgIpc) is 2.29. The van der Waals surface area contributed by atoms with Gasteiger partial charge in [0, 0.05) is 12.5 Å². The van der Waals surface area contributed by atoms with Crippen LogP contribution in [0, 0.1) is 0 Å². The van der Waals surface area contributed by atoms with Crippen LogP contribution in [-0.4, -0.2) is 18.4 Å². The van der Waals surface area contributed by atoms with Crippen molar-refractivity contribution in [3.63, 3.8) is 0 Å². The van der Waals surface area contributed by atoms with Crippen LogP contribution in [0.4, 0.5) is 0 Å². The summed E-state index contributed by atoms with van der Waals surface area (Å²) >= 11 is 0. The van der Waals surface area contributed by atoms with Gasteiger partial charge in [-0.2, -0.15) is 0 Å². The summed E-state index contributed by atoms with van der Waals surface area (Å²) in [5.41, 5.74) is 0.